The largest absolute Gasteiger partial charge is 0.313 e. The minimum Gasteiger partial charge on any atom is -0.313 e. The summed E-state index contributed by atoms with van der Waals surface area (Å²) in [6.07, 6.45) is 8.47. The fourth-order valence-electron chi connectivity index (χ4n) is 2.55. The molecule has 0 aromatic rings. The Kier molecular flexibility index (Phi) is 5.30. The van der Waals surface area contributed by atoms with Crippen LogP contribution >= 0.6 is 0 Å². The topological polar surface area (TPSA) is 15.3 Å². The van der Waals surface area contributed by atoms with Crippen molar-refractivity contribution in [2.45, 2.75) is 58.4 Å². The lowest BCUT2D eigenvalue weighted by molar-refractivity contribution is 0.221. The van der Waals surface area contributed by atoms with E-state index in [9.17, 15) is 0 Å². The van der Waals surface area contributed by atoms with Gasteiger partial charge < -0.3 is 10.2 Å². The third-order valence-electron chi connectivity index (χ3n) is 4.08. The Balaban J connectivity index is 1.71. The van der Waals surface area contributed by atoms with Crippen LogP contribution in [-0.4, -0.2) is 37.1 Å². The molecule has 1 atom stereocenters. The molecule has 17 heavy (non-hydrogen) atoms. The van der Waals surface area contributed by atoms with Crippen LogP contribution in [0.3, 0.4) is 0 Å². The molecule has 2 heteroatoms. The zero-order valence-corrected chi connectivity index (χ0v) is 11.8. The van der Waals surface area contributed by atoms with Crippen molar-refractivity contribution < 1.29 is 0 Å². The van der Waals surface area contributed by atoms with E-state index in [0.717, 1.165) is 11.8 Å². The highest BCUT2D eigenvalue weighted by molar-refractivity contribution is 4.84. The molecule has 100 valence electrons. The Morgan fingerprint density at radius 1 is 1.06 bits per heavy atom. The summed E-state index contributed by atoms with van der Waals surface area (Å²) >= 11 is 0. The molecular weight excluding hydrogens is 208 g/mol. The molecule has 0 saturated heterocycles. The molecule has 2 aliphatic rings. The summed E-state index contributed by atoms with van der Waals surface area (Å²) in [6, 6.07) is 0.715. The molecule has 1 unspecified atom stereocenters. The van der Waals surface area contributed by atoms with Gasteiger partial charge in [0.25, 0.3) is 0 Å². The molecule has 0 aliphatic heterocycles. The molecule has 0 spiro atoms. The maximum absolute atomic E-state index is 3.70. The van der Waals surface area contributed by atoms with E-state index in [1.54, 1.807) is 0 Å². The molecule has 2 rings (SSSR count). The van der Waals surface area contributed by atoms with Crippen LogP contribution < -0.4 is 5.32 Å². The number of nitrogens with zero attached hydrogens (tertiary/aromatic N) is 1. The summed E-state index contributed by atoms with van der Waals surface area (Å²) in [4.78, 5) is 2.76. The van der Waals surface area contributed by atoms with Gasteiger partial charge in [-0.15, -0.1) is 0 Å². The third-order valence-corrected chi connectivity index (χ3v) is 4.08. The second kappa shape index (κ2) is 6.75. The lowest BCUT2D eigenvalue weighted by Crippen LogP contribution is -2.42. The molecule has 2 saturated carbocycles. The van der Waals surface area contributed by atoms with Crippen LogP contribution in [0.25, 0.3) is 0 Å². The van der Waals surface area contributed by atoms with E-state index >= 15 is 0 Å². The van der Waals surface area contributed by atoms with Crippen molar-refractivity contribution in [3.63, 3.8) is 0 Å². The summed E-state index contributed by atoms with van der Waals surface area (Å²) in [7, 11) is 0. The first-order valence-corrected chi connectivity index (χ1v) is 7.77. The van der Waals surface area contributed by atoms with Gasteiger partial charge in [-0.3, -0.25) is 0 Å². The SMILES string of the molecule is CCCNC(CC)CN(CC1CC1)CC1CC1. The first kappa shape index (κ1) is 13.4. The molecule has 0 heterocycles. The maximum Gasteiger partial charge on any atom is 0.0192 e. The standard InChI is InChI=1S/C15H30N2/c1-3-9-16-15(4-2)12-17(10-13-5-6-13)11-14-7-8-14/h13-16H,3-12H2,1-2H3. The van der Waals surface area contributed by atoms with Crippen molar-refractivity contribution in [1.29, 1.82) is 0 Å². The summed E-state index contributed by atoms with van der Waals surface area (Å²) in [5.41, 5.74) is 0. The van der Waals surface area contributed by atoms with Crippen molar-refractivity contribution in [3.8, 4) is 0 Å². The number of hydrogen-bond acceptors (Lipinski definition) is 2. The first-order valence-electron chi connectivity index (χ1n) is 7.77. The van der Waals surface area contributed by atoms with Gasteiger partial charge >= 0.3 is 0 Å². The van der Waals surface area contributed by atoms with Gasteiger partial charge in [0.2, 0.25) is 0 Å². The van der Waals surface area contributed by atoms with Crippen molar-refractivity contribution in [2.75, 3.05) is 26.2 Å². The molecular formula is C15H30N2. The monoisotopic (exact) mass is 238 g/mol. The zero-order chi connectivity index (χ0) is 12.1. The number of rotatable bonds is 10. The van der Waals surface area contributed by atoms with Gasteiger partial charge in [0, 0.05) is 25.7 Å². The fourth-order valence-corrected chi connectivity index (χ4v) is 2.55. The first-order chi connectivity index (χ1) is 8.31. The summed E-state index contributed by atoms with van der Waals surface area (Å²) in [5, 5.41) is 3.70. The Labute approximate surface area is 107 Å². The Morgan fingerprint density at radius 2 is 1.65 bits per heavy atom. The summed E-state index contributed by atoms with van der Waals surface area (Å²) in [5.74, 6) is 2.08. The Hall–Kier alpha value is -0.0800. The summed E-state index contributed by atoms with van der Waals surface area (Å²) < 4.78 is 0. The predicted octanol–water partition coefficient (Wildman–Crippen LogP) is 2.89. The average molecular weight is 238 g/mol. The lowest BCUT2D eigenvalue weighted by Gasteiger charge is -2.27. The van der Waals surface area contributed by atoms with Crippen LogP contribution in [0.2, 0.25) is 0 Å². The van der Waals surface area contributed by atoms with Crippen LogP contribution in [-0.2, 0) is 0 Å². The molecule has 0 amide bonds. The smallest absolute Gasteiger partial charge is 0.0192 e. The van der Waals surface area contributed by atoms with Crippen LogP contribution in [0.4, 0.5) is 0 Å². The van der Waals surface area contributed by atoms with Crippen molar-refractivity contribution >= 4 is 0 Å². The quantitative estimate of drug-likeness (QED) is 0.629. The second-order valence-electron chi connectivity index (χ2n) is 6.16. The summed E-state index contributed by atoms with van der Waals surface area (Å²) in [6.45, 7) is 9.79. The molecule has 1 N–H and O–H groups in total. The van der Waals surface area contributed by atoms with Crippen LogP contribution in [0.15, 0.2) is 0 Å². The molecule has 2 fully saturated rings. The van der Waals surface area contributed by atoms with Crippen LogP contribution in [0, 0.1) is 11.8 Å². The van der Waals surface area contributed by atoms with E-state index < -0.39 is 0 Å². The molecule has 2 aliphatic carbocycles. The van der Waals surface area contributed by atoms with E-state index in [0.29, 0.717) is 6.04 Å². The van der Waals surface area contributed by atoms with Gasteiger partial charge in [0.15, 0.2) is 0 Å². The van der Waals surface area contributed by atoms with Gasteiger partial charge in [-0.1, -0.05) is 13.8 Å². The predicted molar refractivity (Wildman–Crippen MR) is 74.3 cm³/mol. The molecule has 0 aromatic carbocycles. The van der Waals surface area contributed by atoms with Crippen molar-refractivity contribution in [3.05, 3.63) is 0 Å². The highest BCUT2D eigenvalue weighted by atomic mass is 15.2. The van der Waals surface area contributed by atoms with E-state index in [2.05, 4.69) is 24.1 Å². The number of hydrogen-bond donors (Lipinski definition) is 1. The van der Waals surface area contributed by atoms with Crippen LogP contribution in [0.1, 0.15) is 52.4 Å². The molecule has 0 radical (unpaired) electrons. The van der Waals surface area contributed by atoms with Gasteiger partial charge in [0.05, 0.1) is 0 Å². The van der Waals surface area contributed by atoms with Crippen molar-refractivity contribution in [2.24, 2.45) is 11.8 Å². The normalized spacial score (nSPS) is 22.1. The molecule has 0 bridgehead atoms. The van der Waals surface area contributed by atoms with Gasteiger partial charge in [-0.2, -0.15) is 0 Å². The molecule has 0 aromatic heterocycles. The number of nitrogens with one attached hydrogen (secondary N) is 1. The Bertz CT molecular complexity index is 195. The Morgan fingerprint density at radius 3 is 2.06 bits per heavy atom. The third kappa shape index (κ3) is 5.39. The minimum atomic E-state index is 0.715. The highest BCUT2D eigenvalue weighted by Gasteiger charge is 2.29. The van der Waals surface area contributed by atoms with Gasteiger partial charge in [0.1, 0.15) is 0 Å². The highest BCUT2D eigenvalue weighted by Crippen LogP contribution is 2.33. The van der Waals surface area contributed by atoms with E-state index in [1.165, 1.54) is 64.7 Å². The average Bonchev–Trinajstić information content (AvgIpc) is 3.19. The maximum atomic E-state index is 3.70. The van der Waals surface area contributed by atoms with Crippen LogP contribution in [0.5, 0.6) is 0 Å². The second-order valence-corrected chi connectivity index (χ2v) is 6.16. The van der Waals surface area contributed by atoms with E-state index in [-0.39, 0.29) is 0 Å². The van der Waals surface area contributed by atoms with Gasteiger partial charge in [-0.25, -0.2) is 0 Å². The van der Waals surface area contributed by atoms with E-state index in [4.69, 9.17) is 0 Å². The lowest BCUT2D eigenvalue weighted by atomic mass is 10.2. The van der Waals surface area contributed by atoms with E-state index in [1.807, 2.05) is 0 Å². The zero-order valence-electron chi connectivity index (χ0n) is 11.8. The van der Waals surface area contributed by atoms with Gasteiger partial charge in [-0.05, 0) is 56.9 Å². The minimum absolute atomic E-state index is 0.715. The van der Waals surface area contributed by atoms with Crippen molar-refractivity contribution in [1.82, 2.24) is 10.2 Å². The molecule has 2 nitrogen and oxygen atoms in total. The fraction of sp³-hybridized carbons (Fsp3) is 1.00.